The Morgan fingerprint density at radius 2 is 1.89 bits per heavy atom. The van der Waals surface area contributed by atoms with Crippen molar-refractivity contribution in [2.24, 2.45) is 11.8 Å². The van der Waals surface area contributed by atoms with Gasteiger partial charge in [0.25, 0.3) is 0 Å². The maximum atomic E-state index is 13.5. The second kappa shape index (κ2) is 8.49. The number of nitrogens with one attached hydrogen (secondary N) is 2. The molecule has 0 aliphatic carbocycles. The lowest BCUT2D eigenvalue weighted by Crippen LogP contribution is -2.54. The number of nitrogens with zero attached hydrogens (tertiary/aromatic N) is 1. The Bertz CT molecular complexity index is 752. The zero-order valence-electron chi connectivity index (χ0n) is 17.1. The molecule has 0 aromatic carbocycles. The molecule has 2 N–H and O–H groups in total. The summed E-state index contributed by atoms with van der Waals surface area (Å²) in [6.45, 7) is 10.8. The molecule has 28 heavy (non-hydrogen) atoms. The number of fused-ring (bicyclic) bond motifs is 1. The Hall–Kier alpha value is -1.48. The fourth-order valence-electron chi connectivity index (χ4n) is 3.82. The maximum Gasteiger partial charge on any atom is 0.243 e. The average Bonchev–Trinajstić information content (AvgIpc) is 2.94. The molecule has 0 bridgehead atoms. The standard InChI is InChI=1S/C19H31F2N3O3S/c1-10(2)17-12(4)16-15(28(26,27)23-17)9-24(6)18(16)19(25)22-11(3)7-8-14(21)13(5)20/h9-11,13-14,16-18,23H,4,7-8H2,1-3,5-6H3,(H,22,25). The summed E-state index contributed by atoms with van der Waals surface area (Å²) in [6.07, 6.45) is -1.36. The molecule has 9 heteroatoms. The molecule has 2 aliphatic rings. The van der Waals surface area contributed by atoms with Crippen molar-refractivity contribution in [1.82, 2.24) is 14.9 Å². The summed E-state index contributed by atoms with van der Waals surface area (Å²) >= 11 is 0. The molecule has 1 saturated heterocycles. The first-order valence-corrected chi connectivity index (χ1v) is 11.1. The van der Waals surface area contributed by atoms with E-state index in [4.69, 9.17) is 0 Å². The highest BCUT2D eigenvalue weighted by Crippen LogP contribution is 2.41. The number of alkyl halides is 2. The molecule has 1 fully saturated rings. The van der Waals surface area contributed by atoms with Crippen LogP contribution < -0.4 is 10.0 Å². The zero-order chi connectivity index (χ0) is 21.4. The fraction of sp³-hybridized carbons (Fsp3) is 0.737. The van der Waals surface area contributed by atoms with E-state index >= 15 is 0 Å². The predicted molar refractivity (Wildman–Crippen MR) is 105 cm³/mol. The lowest BCUT2D eigenvalue weighted by atomic mass is 9.84. The van der Waals surface area contributed by atoms with E-state index in [9.17, 15) is 22.0 Å². The van der Waals surface area contributed by atoms with Gasteiger partial charge in [0.2, 0.25) is 15.9 Å². The van der Waals surface area contributed by atoms with E-state index in [2.05, 4.69) is 16.6 Å². The maximum absolute atomic E-state index is 13.5. The topological polar surface area (TPSA) is 78.5 Å². The van der Waals surface area contributed by atoms with E-state index in [-0.39, 0.29) is 35.6 Å². The molecule has 2 rings (SSSR count). The molecule has 1 amide bonds. The lowest BCUT2D eigenvalue weighted by molar-refractivity contribution is -0.126. The van der Waals surface area contributed by atoms with Crippen molar-refractivity contribution in [3.05, 3.63) is 23.3 Å². The van der Waals surface area contributed by atoms with E-state index in [1.807, 2.05) is 13.8 Å². The van der Waals surface area contributed by atoms with Gasteiger partial charge >= 0.3 is 0 Å². The Morgan fingerprint density at radius 3 is 2.43 bits per heavy atom. The number of carbonyl (C=O) groups excluding carboxylic acids is 1. The van der Waals surface area contributed by atoms with Gasteiger partial charge in [-0.25, -0.2) is 21.9 Å². The van der Waals surface area contributed by atoms with Gasteiger partial charge in [-0.3, -0.25) is 4.79 Å². The van der Waals surface area contributed by atoms with Crippen LogP contribution in [0.15, 0.2) is 23.3 Å². The molecule has 2 aliphatic heterocycles. The molecule has 6 nitrogen and oxygen atoms in total. The van der Waals surface area contributed by atoms with E-state index in [0.29, 0.717) is 5.57 Å². The van der Waals surface area contributed by atoms with Crippen molar-refractivity contribution in [1.29, 1.82) is 0 Å². The van der Waals surface area contributed by atoms with Crippen molar-refractivity contribution in [2.75, 3.05) is 7.05 Å². The van der Waals surface area contributed by atoms with Crippen LogP contribution in [0.3, 0.4) is 0 Å². The van der Waals surface area contributed by atoms with Crippen LogP contribution in [0.1, 0.15) is 40.5 Å². The molecule has 0 spiro atoms. The Morgan fingerprint density at radius 1 is 1.29 bits per heavy atom. The molecular weight excluding hydrogens is 388 g/mol. The number of hydrogen-bond acceptors (Lipinski definition) is 4. The summed E-state index contributed by atoms with van der Waals surface area (Å²) < 4.78 is 54.4. The molecule has 0 radical (unpaired) electrons. The summed E-state index contributed by atoms with van der Waals surface area (Å²) in [5.41, 5.74) is 0.656. The zero-order valence-corrected chi connectivity index (χ0v) is 17.9. The van der Waals surface area contributed by atoms with Gasteiger partial charge in [-0.1, -0.05) is 20.4 Å². The van der Waals surface area contributed by atoms with Crippen LogP contribution in [0, 0.1) is 11.8 Å². The minimum Gasteiger partial charge on any atom is -0.367 e. The minimum absolute atomic E-state index is 0.00692. The monoisotopic (exact) mass is 419 g/mol. The highest BCUT2D eigenvalue weighted by Gasteiger charge is 2.50. The fourth-order valence-corrected chi connectivity index (χ4v) is 5.63. The summed E-state index contributed by atoms with van der Waals surface area (Å²) in [5.74, 6) is -1.01. The predicted octanol–water partition coefficient (Wildman–Crippen LogP) is 2.25. The first kappa shape index (κ1) is 22.8. The van der Waals surface area contributed by atoms with Crippen molar-refractivity contribution in [2.45, 2.75) is 71.0 Å². The van der Waals surface area contributed by atoms with Gasteiger partial charge in [-0.05, 0) is 38.2 Å². The normalized spacial score (nSPS) is 29.9. The average molecular weight is 420 g/mol. The van der Waals surface area contributed by atoms with Gasteiger partial charge in [0.1, 0.15) is 18.4 Å². The van der Waals surface area contributed by atoms with Gasteiger partial charge in [-0.2, -0.15) is 0 Å². The summed E-state index contributed by atoms with van der Waals surface area (Å²) in [4.78, 5) is 14.6. The third-order valence-corrected chi connectivity index (χ3v) is 7.03. The smallest absolute Gasteiger partial charge is 0.243 e. The number of amides is 1. The van der Waals surface area contributed by atoms with Gasteiger partial charge in [0, 0.05) is 31.2 Å². The molecule has 160 valence electrons. The van der Waals surface area contributed by atoms with Crippen LogP contribution in [0.2, 0.25) is 0 Å². The summed E-state index contributed by atoms with van der Waals surface area (Å²) in [6, 6.07) is -1.57. The molecular formula is C19H31F2N3O3S. The molecule has 0 saturated carbocycles. The minimum atomic E-state index is -3.71. The van der Waals surface area contributed by atoms with Gasteiger partial charge in [-0.15, -0.1) is 0 Å². The van der Waals surface area contributed by atoms with Crippen LogP contribution in [-0.4, -0.2) is 56.7 Å². The van der Waals surface area contributed by atoms with E-state index in [1.54, 1.807) is 18.9 Å². The van der Waals surface area contributed by atoms with E-state index in [1.165, 1.54) is 13.1 Å². The molecule has 6 atom stereocenters. The van der Waals surface area contributed by atoms with Crippen molar-refractivity contribution < 1.29 is 22.0 Å². The van der Waals surface area contributed by atoms with Gasteiger partial charge < -0.3 is 10.2 Å². The van der Waals surface area contributed by atoms with Crippen molar-refractivity contribution in [3.8, 4) is 0 Å². The molecule has 0 aromatic rings. The Labute approximate surface area is 166 Å². The van der Waals surface area contributed by atoms with Crippen LogP contribution in [-0.2, 0) is 14.8 Å². The number of sulfonamides is 1. The second-order valence-corrected chi connectivity index (χ2v) is 9.93. The van der Waals surface area contributed by atoms with Gasteiger partial charge in [0.05, 0.1) is 4.91 Å². The molecule has 6 unspecified atom stereocenters. The van der Waals surface area contributed by atoms with Crippen molar-refractivity contribution >= 4 is 15.9 Å². The SMILES string of the molecule is C=C1C(C(C)C)NS(=O)(=O)C2=CN(C)C(C(=O)NC(C)CCC(F)C(C)F)C12. The largest absolute Gasteiger partial charge is 0.367 e. The van der Waals surface area contributed by atoms with E-state index < -0.39 is 40.4 Å². The van der Waals surface area contributed by atoms with Crippen LogP contribution in [0.5, 0.6) is 0 Å². The van der Waals surface area contributed by atoms with Crippen LogP contribution in [0.4, 0.5) is 8.78 Å². The Balaban J connectivity index is 2.15. The Kier molecular flexibility index (Phi) is 6.91. The number of hydrogen-bond donors (Lipinski definition) is 2. The molecule has 0 aromatic heterocycles. The highest BCUT2D eigenvalue weighted by molar-refractivity contribution is 7.93. The summed E-state index contributed by atoms with van der Waals surface area (Å²) in [5, 5.41) is 2.81. The first-order valence-electron chi connectivity index (χ1n) is 9.60. The highest BCUT2D eigenvalue weighted by atomic mass is 32.2. The number of halogens is 2. The van der Waals surface area contributed by atoms with Crippen LogP contribution in [0.25, 0.3) is 0 Å². The number of carbonyl (C=O) groups is 1. The lowest BCUT2D eigenvalue weighted by Gasteiger charge is -2.37. The van der Waals surface area contributed by atoms with Crippen LogP contribution >= 0.6 is 0 Å². The number of likely N-dealkylation sites (N-methyl/N-ethyl adjacent to an activating group) is 1. The third kappa shape index (κ3) is 4.56. The van der Waals surface area contributed by atoms with Gasteiger partial charge in [0.15, 0.2) is 0 Å². The number of rotatable bonds is 7. The van der Waals surface area contributed by atoms with Crippen molar-refractivity contribution in [3.63, 3.8) is 0 Å². The third-order valence-electron chi connectivity index (χ3n) is 5.48. The van der Waals surface area contributed by atoms with E-state index in [0.717, 1.165) is 0 Å². The molecule has 2 heterocycles. The second-order valence-electron chi connectivity index (χ2n) is 8.22. The quantitative estimate of drug-likeness (QED) is 0.621. The first-order chi connectivity index (χ1) is 12.9. The summed E-state index contributed by atoms with van der Waals surface area (Å²) in [7, 11) is -2.06.